The summed E-state index contributed by atoms with van der Waals surface area (Å²) in [7, 11) is -7.21. The van der Waals surface area contributed by atoms with E-state index in [1.807, 2.05) is 0 Å². The maximum Gasteiger partial charge on any atom is 0.262 e. The number of hydrogen-bond acceptors (Lipinski definition) is 5. The standard InChI is InChI=1S/C15H17NO5S2/c1-3-21-15-7-5-4-6-14(15)16-23(19,20)13-10-8-12(9-11-13)22(2,17)18/h4-11,16H,3H2,1-2H3. The molecule has 0 fully saturated rings. The van der Waals surface area contributed by atoms with Crippen molar-refractivity contribution in [2.24, 2.45) is 0 Å². The van der Waals surface area contributed by atoms with Gasteiger partial charge in [0.05, 0.1) is 22.1 Å². The second kappa shape index (κ2) is 6.59. The molecule has 0 saturated carbocycles. The Hall–Kier alpha value is -2.06. The van der Waals surface area contributed by atoms with E-state index in [2.05, 4.69) is 4.72 Å². The Labute approximate surface area is 136 Å². The quantitative estimate of drug-likeness (QED) is 0.859. The van der Waals surface area contributed by atoms with Crippen molar-refractivity contribution >= 4 is 25.5 Å². The van der Waals surface area contributed by atoms with Crippen molar-refractivity contribution in [3.63, 3.8) is 0 Å². The Morgan fingerprint density at radius 3 is 2.04 bits per heavy atom. The van der Waals surface area contributed by atoms with Crippen molar-refractivity contribution in [3.8, 4) is 5.75 Å². The van der Waals surface area contributed by atoms with Crippen LogP contribution < -0.4 is 9.46 Å². The lowest BCUT2D eigenvalue weighted by molar-refractivity contribution is 0.342. The molecule has 0 radical (unpaired) electrons. The molecule has 23 heavy (non-hydrogen) atoms. The number of benzene rings is 2. The maximum atomic E-state index is 12.4. The molecule has 2 aromatic carbocycles. The second-order valence-corrected chi connectivity index (χ2v) is 8.48. The van der Waals surface area contributed by atoms with Crippen LogP contribution in [0.4, 0.5) is 5.69 Å². The van der Waals surface area contributed by atoms with Crippen LogP contribution in [-0.2, 0) is 19.9 Å². The van der Waals surface area contributed by atoms with Crippen LogP contribution in [0.2, 0.25) is 0 Å². The molecule has 0 saturated heterocycles. The second-order valence-electron chi connectivity index (χ2n) is 4.78. The SMILES string of the molecule is CCOc1ccccc1NS(=O)(=O)c1ccc(S(C)(=O)=O)cc1. The molecule has 0 aliphatic rings. The van der Waals surface area contributed by atoms with E-state index < -0.39 is 19.9 Å². The van der Waals surface area contributed by atoms with Gasteiger partial charge in [0.15, 0.2) is 9.84 Å². The third-order valence-electron chi connectivity index (χ3n) is 2.99. The summed E-state index contributed by atoms with van der Waals surface area (Å²) in [6, 6.07) is 11.7. The lowest BCUT2D eigenvalue weighted by Gasteiger charge is -2.12. The van der Waals surface area contributed by atoms with Crippen molar-refractivity contribution in [1.82, 2.24) is 0 Å². The molecule has 0 aromatic heterocycles. The summed E-state index contributed by atoms with van der Waals surface area (Å²) in [6.07, 6.45) is 1.06. The van der Waals surface area contributed by atoms with Gasteiger partial charge in [-0.2, -0.15) is 0 Å². The van der Waals surface area contributed by atoms with Crippen molar-refractivity contribution in [2.45, 2.75) is 16.7 Å². The molecule has 6 nitrogen and oxygen atoms in total. The van der Waals surface area contributed by atoms with Gasteiger partial charge in [-0.1, -0.05) is 12.1 Å². The molecule has 1 N–H and O–H groups in total. The van der Waals surface area contributed by atoms with E-state index in [1.165, 1.54) is 24.3 Å². The van der Waals surface area contributed by atoms with E-state index in [0.29, 0.717) is 18.0 Å². The zero-order valence-corrected chi connectivity index (χ0v) is 14.3. The van der Waals surface area contributed by atoms with E-state index in [-0.39, 0.29) is 9.79 Å². The number of para-hydroxylation sites is 2. The Morgan fingerprint density at radius 2 is 1.48 bits per heavy atom. The van der Waals surface area contributed by atoms with Crippen LogP contribution >= 0.6 is 0 Å². The average Bonchev–Trinajstić information content (AvgIpc) is 2.48. The van der Waals surface area contributed by atoms with E-state index >= 15 is 0 Å². The average molecular weight is 355 g/mol. The summed E-state index contributed by atoms with van der Waals surface area (Å²) in [6.45, 7) is 2.21. The predicted octanol–water partition coefficient (Wildman–Crippen LogP) is 2.29. The Bertz CT molecular complexity index is 888. The van der Waals surface area contributed by atoms with Gasteiger partial charge in [-0.3, -0.25) is 4.72 Å². The lowest BCUT2D eigenvalue weighted by atomic mass is 10.3. The highest BCUT2D eigenvalue weighted by Gasteiger charge is 2.17. The van der Waals surface area contributed by atoms with Gasteiger partial charge in [0, 0.05) is 6.26 Å². The Balaban J connectivity index is 2.33. The van der Waals surface area contributed by atoms with E-state index in [1.54, 1.807) is 31.2 Å². The van der Waals surface area contributed by atoms with Gasteiger partial charge in [0.2, 0.25) is 0 Å². The number of nitrogens with one attached hydrogen (secondary N) is 1. The number of hydrogen-bond donors (Lipinski definition) is 1. The van der Waals surface area contributed by atoms with E-state index in [0.717, 1.165) is 6.26 Å². The van der Waals surface area contributed by atoms with Crippen LogP contribution in [0.3, 0.4) is 0 Å². The summed E-state index contributed by atoms with van der Waals surface area (Å²) in [5, 5.41) is 0. The largest absolute Gasteiger partial charge is 0.492 e. The lowest BCUT2D eigenvalue weighted by Crippen LogP contribution is -2.14. The predicted molar refractivity (Wildman–Crippen MR) is 88.0 cm³/mol. The van der Waals surface area contributed by atoms with Crippen LogP contribution in [0.25, 0.3) is 0 Å². The van der Waals surface area contributed by atoms with Gasteiger partial charge in [0.25, 0.3) is 10.0 Å². The third kappa shape index (κ3) is 4.23. The molecule has 0 aliphatic heterocycles. The van der Waals surface area contributed by atoms with Crippen molar-refractivity contribution < 1.29 is 21.6 Å². The molecule has 0 heterocycles. The molecular weight excluding hydrogens is 338 g/mol. The van der Waals surface area contributed by atoms with Gasteiger partial charge in [-0.05, 0) is 43.3 Å². The minimum absolute atomic E-state index is 0.0313. The minimum Gasteiger partial charge on any atom is -0.492 e. The molecule has 124 valence electrons. The minimum atomic E-state index is -3.84. The molecule has 2 rings (SSSR count). The monoisotopic (exact) mass is 355 g/mol. The molecule has 2 aromatic rings. The highest BCUT2D eigenvalue weighted by atomic mass is 32.2. The van der Waals surface area contributed by atoms with E-state index in [9.17, 15) is 16.8 Å². The van der Waals surface area contributed by atoms with E-state index in [4.69, 9.17) is 4.74 Å². The van der Waals surface area contributed by atoms with Crippen LogP contribution in [0.5, 0.6) is 5.75 Å². The molecule has 0 atom stereocenters. The first-order valence-electron chi connectivity index (χ1n) is 6.79. The molecule has 0 spiro atoms. The Morgan fingerprint density at radius 1 is 0.913 bits per heavy atom. The first-order valence-corrected chi connectivity index (χ1v) is 10.2. The van der Waals surface area contributed by atoms with Gasteiger partial charge >= 0.3 is 0 Å². The Kier molecular flexibility index (Phi) is 4.96. The summed E-state index contributed by atoms with van der Waals surface area (Å²) < 4.78 is 55.5. The first kappa shape index (κ1) is 17.3. The summed E-state index contributed by atoms with van der Waals surface area (Å²) in [5.41, 5.74) is 0.321. The van der Waals surface area contributed by atoms with Crippen molar-refractivity contribution in [3.05, 3.63) is 48.5 Å². The smallest absolute Gasteiger partial charge is 0.262 e. The fourth-order valence-electron chi connectivity index (χ4n) is 1.90. The topological polar surface area (TPSA) is 89.5 Å². The van der Waals surface area contributed by atoms with Crippen LogP contribution in [0, 0.1) is 0 Å². The van der Waals surface area contributed by atoms with Crippen LogP contribution in [0.1, 0.15) is 6.92 Å². The first-order chi connectivity index (χ1) is 10.7. The van der Waals surface area contributed by atoms with Gasteiger partial charge in [-0.15, -0.1) is 0 Å². The maximum absolute atomic E-state index is 12.4. The molecule has 0 aliphatic carbocycles. The van der Waals surface area contributed by atoms with Crippen LogP contribution in [0.15, 0.2) is 58.3 Å². The highest BCUT2D eigenvalue weighted by molar-refractivity contribution is 7.92. The molecule has 8 heteroatoms. The van der Waals surface area contributed by atoms with Gasteiger partial charge in [-0.25, -0.2) is 16.8 Å². The van der Waals surface area contributed by atoms with Gasteiger partial charge in [0.1, 0.15) is 5.75 Å². The zero-order chi connectivity index (χ0) is 17.1. The number of anilines is 1. The summed E-state index contributed by atoms with van der Waals surface area (Å²) >= 11 is 0. The van der Waals surface area contributed by atoms with Crippen LogP contribution in [-0.4, -0.2) is 29.7 Å². The zero-order valence-electron chi connectivity index (χ0n) is 12.7. The molecular formula is C15H17NO5S2. The molecule has 0 amide bonds. The molecule has 0 bridgehead atoms. The van der Waals surface area contributed by atoms with Crippen molar-refractivity contribution in [1.29, 1.82) is 0 Å². The fourth-order valence-corrected chi connectivity index (χ4v) is 3.60. The number of sulfonamides is 1. The summed E-state index contributed by atoms with van der Waals surface area (Å²) in [4.78, 5) is 0.0300. The van der Waals surface area contributed by atoms with Gasteiger partial charge < -0.3 is 4.74 Å². The number of sulfone groups is 1. The van der Waals surface area contributed by atoms with Crippen molar-refractivity contribution in [2.75, 3.05) is 17.6 Å². The number of rotatable bonds is 6. The summed E-state index contributed by atoms with van der Waals surface area (Å²) in [5.74, 6) is 0.423. The molecule has 0 unspecified atom stereocenters. The highest BCUT2D eigenvalue weighted by Crippen LogP contribution is 2.26. The third-order valence-corrected chi connectivity index (χ3v) is 5.50. The fraction of sp³-hybridized carbons (Fsp3) is 0.200. The normalized spacial score (nSPS) is 11.9. The number of ether oxygens (including phenoxy) is 1.